The molecule has 0 aliphatic heterocycles. The second kappa shape index (κ2) is 4.92. The van der Waals surface area contributed by atoms with Crippen LogP contribution in [0.3, 0.4) is 0 Å². The van der Waals surface area contributed by atoms with Gasteiger partial charge in [0.25, 0.3) is 5.91 Å². The Hall–Kier alpha value is -2.43. The van der Waals surface area contributed by atoms with Gasteiger partial charge in [0, 0.05) is 23.7 Å². The number of aromatic nitrogens is 2. The topological polar surface area (TPSA) is 78.0 Å². The van der Waals surface area contributed by atoms with E-state index >= 15 is 0 Å². The van der Waals surface area contributed by atoms with Crippen molar-refractivity contribution in [1.29, 1.82) is 0 Å². The van der Waals surface area contributed by atoms with Crippen molar-refractivity contribution >= 4 is 5.91 Å². The van der Waals surface area contributed by atoms with Crippen LogP contribution < -0.4 is 11.2 Å². The summed E-state index contributed by atoms with van der Waals surface area (Å²) in [5, 5.41) is 0. The maximum absolute atomic E-state index is 12.3. The molecule has 0 atom stereocenters. The first-order valence-electron chi connectivity index (χ1n) is 6.66. The molecule has 0 saturated heterocycles. The van der Waals surface area contributed by atoms with E-state index < -0.39 is 5.91 Å². The molecule has 0 radical (unpaired) electrons. The van der Waals surface area contributed by atoms with Crippen molar-refractivity contribution in [2.45, 2.75) is 25.7 Å². The Labute approximate surface area is 116 Å². The molecule has 102 valence electrons. The van der Waals surface area contributed by atoms with Gasteiger partial charge in [-0.3, -0.25) is 14.6 Å². The molecule has 0 aromatic carbocycles. The predicted molar refractivity (Wildman–Crippen MR) is 75.0 cm³/mol. The van der Waals surface area contributed by atoms with E-state index in [-0.39, 0.29) is 11.0 Å². The number of hydrogen-bond donors (Lipinski definition) is 1. The van der Waals surface area contributed by atoms with Crippen molar-refractivity contribution in [3.05, 3.63) is 57.8 Å². The molecule has 3 rings (SSSR count). The summed E-state index contributed by atoms with van der Waals surface area (Å²) in [5.41, 5.74) is 7.69. The highest BCUT2D eigenvalue weighted by atomic mass is 16.2. The highest BCUT2D eigenvalue weighted by Crippen LogP contribution is 2.22. The lowest BCUT2D eigenvalue weighted by Crippen LogP contribution is -2.30. The van der Waals surface area contributed by atoms with Crippen molar-refractivity contribution in [1.82, 2.24) is 9.55 Å². The van der Waals surface area contributed by atoms with Crippen LogP contribution in [0.1, 0.15) is 34.5 Å². The van der Waals surface area contributed by atoms with Gasteiger partial charge in [0.05, 0.1) is 11.9 Å². The summed E-state index contributed by atoms with van der Waals surface area (Å²) >= 11 is 0. The standard InChI is InChI=1S/C15H15N3O2/c16-15(20)12-9-18(10-4-3-7-17-8-10)13-6-2-1-5-11(13)14(12)19/h3-4,7-9H,1-2,5-6H2,(H2,16,20). The Kier molecular flexibility index (Phi) is 3.10. The summed E-state index contributed by atoms with van der Waals surface area (Å²) in [7, 11) is 0. The van der Waals surface area contributed by atoms with Crippen LogP contribution in [0.15, 0.2) is 35.5 Å². The van der Waals surface area contributed by atoms with E-state index in [0.29, 0.717) is 6.42 Å². The fraction of sp³-hybridized carbons (Fsp3) is 0.267. The molecule has 20 heavy (non-hydrogen) atoms. The minimum Gasteiger partial charge on any atom is -0.365 e. The predicted octanol–water partition coefficient (Wildman–Crippen LogP) is 1.21. The molecule has 2 heterocycles. The number of carbonyl (C=O) groups is 1. The molecule has 0 bridgehead atoms. The summed E-state index contributed by atoms with van der Waals surface area (Å²) in [6, 6.07) is 3.73. The van der Waals surface area contributed by atoms with E-state index in [1.54, 1.807) is 18.6 Å². The summed E-state index contributed by atoms with van der Waals surface area (Å²) in [4.78, 5) is 27.9. The number of nitrogens with zero attached hydrogens (tertiary/aromatic N) is 2. The number of nitrogens with two attached hydrogens (primary N) is 1. The first-order valence-corrected chi connectivity index (χ1v) is 6.66. The van der Waals surface area contributed by atoms with Gasteiger partial charge in [-0.25, -0.2) is 0 Å². The van der Waals surface area contributed by atoms with Gasteiger partial charge in [-0.15, -0.1) is 0 Å². The fourth-order valence-corrected chi connectivity index (χ4v) is 2.73. The third-order valence-corrected chi connectivity index (χ3v) is 3.70. The third-order valence-electron chi connectivity index (χ3n) is 3.70. The average molecular weight is 269 g/mol. The second-order valence-corrected chi connectivity index (χ2v) is 4.95. The zero-order valence-corrected chi connectivity index (χ0v) is 11.0. The number of carbonyl (C=O) groups excluding carboxylic acids is 1. The first kappa shape index (κ1) is 12.6. The smallest absolute Gasteiger partial charge is 0.254 e. The number of rotatable bonds is 2. The Morgan fingerprint density at radius 2 is 2.10 bits per heavy atom. The van der Waals surface area contributed by atoms with Crippen molar-refractivity contribution in [2.24, 2.45) is 5.73 Å². The van der Waals surface area contributed by atoms with E-state index in [0.717, 1.165) is 36.2 Å². The molecule has 5 heteroatoms. The molecular weight excluding hydrogens is 254 g/mol. The van der Waals surface area contributed by atoms with E-state index in [9.17, 15) is 9.59 Å². The van der Waals surface area contributed by atoms with Crippen LogP contribution in [0.25, 0.3) is 5.69 Å². The van der Waals surface area contributed by atoms with Crippen LogP contribution in [0.5, 0.6) is 0 Å². The van der Waals surface area contributed by atoms with Crippen molar-refractivity contribution < 1.29 is 4.79 Å². The highest BCUT2D eigenvalue weighted by Gasteiger charge is 2.21. The van der Waals surface area contributed by atoms with Crippen LogP contribution >= 0.6 is 0 Å². The zero-order chi connectivity index (χ0) is 14.1. The van der Waals surface area contributed by atoms with Crippen molar-refractivity contribution in [3.63, 3.8) is 0 Å². The quantitative estimate of drug-likeness (QED) is 0.890. The lowest BCUT2D eigenvalue weighted by molar-refractivity contribution is 0.0998. The van der Waals surface area contributed by atoms with Crippen molar-refractivity contribution in [2.75, 3.05) is 0 Å². The van der Waals surface area contributed by atoms with Gasteiger partial charge >= 0.3 is 0 Å². The summed E-state index contributed by atoms with van der Waals surface area (Å²) in [5.74, 6) is -0.680. The van der Waals surface area contributed by atoms with Crippen LogP contribution in [0.2, 0.25) is 0 Å². The first-order chi connectivity index (χ1) is 9.68. The van der Waals surface area contributed by atoms with Crippen LogP contribution in [0.4, 0.5) is 0 Å². The molecule has 2 N–H and O–H groups in total. The molecule has 1 aliphatic carbocycles. The van der Waals surface area contributed by atoms with Gasteiger partial charge in [0.1, 0.15) is 5.56 Å². The molecule has 2 aromatic rings. The van der Waals surface area contributed by atoms with Crippen LogP contribution in [0, 0.1) is 0 Å². The number of pyridine rings is 2. The maximum Gasteiger partial charge on any atom is 0.254 e. The Balaban J connectivity index is 2.31. The van der Waals surface area contributed by atoms with Gasteiger partial charge in [0.2, 0.25) is 0 Å². The Morgan fingerprint density at radius 3 is 2.80 bits per heavy atom. The van der Waals surface area contributed by atoms with Gasteiger partial charge in [-0.2, -0.15) is 0 Å². The maximum atomic E-state index is 12.3. The monoisotopic (exact) mass is 269 g/mol. The Morgan fingerprint density at radius 1 is 1.30 bits per heavy atom. The summed E-state index contributed by atoms with van der Waals surface area (Å²) in [6.45, 7) is 0. The van der Waals surface area contributed by atoms with Gasteiger partial charge in [0.15, 0.2) is 5.43 Å². The molecule has 2 aromatic heterocycles. The minimum atomic E-state index is -0.680. The zero-order valence-electron chi connectivity index (χ0n) is 11.0. The van der Waals surface area contributed by atoms with Crippen LogP contribution in [-0.4, -0.2) is 15.5 Å². The Bertz CT molecular complexity index is 720. The van der Waals surface area contributed by atoms with E-state index in [1.807, 2.05) is 16.7 Å². The van der Waals surface area contributed by atoms with Crippen molar-refractivity contribution in [3.8, 4) is 5.69 Å². The highest BCUT2D eigenvalue weighted by molar-refractivity contribution is 5.92. The van der Waals surface area contributed by atoms with Gasteiger partial charge in [-0.05, 0) is 37.8 Å². The molecule has 1 amide bonds. The van der Waals surface area contributed by atoms with Gasteiger partial charge in [-0.1, -0.05) is 0 Å². The second-order valence-electron chi connectivity index (χ2n) is 4.95. The lowest BCUT2D eigenvalue weighted by atomic mass is 9.93. The summed E-state index contributed by atoms with van der Waals surface area (Å²) < 4.78 is 1.88. The SMILES string of the molecule is NC(=O)c1cn(-c2cccnc2)c2c(c1=O)CCCC2. The largest absolute Gasteiger partial charge is 0.365 e. The average Bonchev–Trinajstić information content (AvgIpc) is 2.48. The molecule has 0 spiro atoms. The number of fused-ring (bicyclic) bond motifs is 1. The summed E-state index contributed by atoms with van der Waals surface area (Å²) in [6.07, 6.45) is 8.50. The van der Waals surface area contributed by atoms with Gasteiger partial charge < -0.3 is 10.3 Å². The normalized spacial score (nSPS) is 13.8. The number of hydrogen-bond acceptors (Lipinski definition) is 3. The van der Waals surface area contributed by atoms with E-state index in [4.69, 9.17) is 5.73 Å². The third kappa shape index (κ3) is 2.01. The molecular formula is C15H15N3O2. The molecule has 0 unspecified atom stereocenters. The lowest BCUT2D eigenvalue weighted by Gasteiger charge is -2.21. The number of primary amides is 1. The molecule has 1 aliphatic rings. The fourth-order valence-electron chi connectivity index (χ4n) is 2.73. The van der Waals surface area contributed by atoms with E-state index in [2.05, 4.69) is 4.98 Å². The minimum absolute atomic E-state index is 0.0505. The molecule has 0 saturated carbocycles. The molecule has 0 fully saturated rings. The van der Waals surface area contributed by atoms with E-state index in [1.165, 1.54) is 0 Å². The van der Waals surface area contributed by atoms with Crippen LogP contribution in [-0.2, 0) is 12.8 Å². The molecule has 5 nitrogen and oxygen atoms in total. The number of amides is 1.